The Balaban J connectivity index is 1.83. The number of benzene rings is 2. The Labute approximate surface area is 158 Å². The molecule has 0 bridgehead atoms. The van der Waals surface area contributed by atoms with Crippen LogP contribution in [0.4, 0.5) is 0 Å². The van der Waals surface area contributed by atoms with Crippen molar-refractivity contribution in [1.29, 1.82) is 5.26 Å². The number of nitrogens with one attached hydrogen (secondary N) is 1. The number of nitriles is 1. The van der Waals surface area contributed by atoms with E-state index in [9.17, 15) is 15.2 Å². The normalized spacial score (nSPS) is 11.7. The lowest BCUT2D eigenvalue weighted by atomic mass is 10.2. The van der Waals surface area contributed by atoms with Crippen molar-refractivity contribution in [2.45, 2.75) is 0 Å². The predicted octanol–water partition coefficient (Wildman–Crippen LogP) is 4.52. The lowest BCUT2D eigenvalue weighted by molar-refractivity contribution is 0.0503. The van der Waals surface area contributed by atoms with E-state index in [1.807, 2.05) is 12.1 Å². The number of rotatable bonds is 4. The van der Waals surface area contributed by atoms with Gasteiger partial charge in [0.05, 0.1) is 26.6 Å². The molecule has 0 amide bonds. The number of para-hydroxylation sites is 2. The number of imidazole rings is 1. The van der Waals surface area contributed by atoms with Crippen LogP contribution in [0, 0.1) is 11.3 Å². The van der Waals surface area contributed by atoms with Crippen molar-refractivity contribution in [2.75, 3.05) is 6.61 Å². The number of aromatic amines is 1. The molecule has 2 N–H and O–H groups in total. The van der Waals surface area contributed by atoms with Crippen LogP contribution in [0.15, 0.2) is 48.2 Å². The Kier molecular flexibility index (Phi) is 5.12. The first-order valence-corrected chi connectivity index (χ1v) is 8.15. The Morgan fingerprint density at radius 1 is 1.19 bits per heavy atom. The molecule has 0 radical (unpaired) electrons. The number of aliphatic hydroxyl groups is 1. The standard InChI is InChI=1S/C18H11Cl2N3O3/c19-11-4-3-5-12(20)16(11)18(25)26-9-15(24)10(8-21)17-22-13-6-1-2-7-14(13)23-17/h1-7,24H,9H2,(H,22,23)/b15-10-. The summed E-state index contributed by atoms with van der Waals surface area (Å²) in [4.78, 5) is 19.3. The fourth-order valence-corrected chi connectivity index (χ4v) is 2.85. The van der Waals surface area contributed by atoms with E-state index in [0.717, 1.165) is 0 Å². The maximum atomic E-state index is 12.1. The third-order valence-corrected chi connectivity index (χ3v) is 4.16. The molecule has 0 saturated carbocycles. The van der Waals surface area contributed by atoms with Crippen molar-refractivity contribution in [1.82, 2.24) is 9.97 Å². The number of carbonyl (C=O) groups excluding carboxylic acids is 1. The Hall–Kier alpha value is -3.01. The molecule has 0 aliphatic rings. The van der Waals surface area contributed by atoms with Gasteiger partial charge in [0.15, 0.2) is 11.6 Å². The molecule has 3 aromatic rings. The summed E-state index contributed by atoms with van der Waals surface area (Å²) in [6.07, 6.45) is 0. The molecule has 0 aliphatic carbocycles. The zero-order chi connectivity index (χ0) is 18.7. The summed E-state index contributed by atoms with van der Waals surface area (Å²) in [5, 5.41) is 19.8. The average molecular weight is 388 g/mol. The van der Waals surface area contributed by atoms with Crippen LogP contribution in [0.25, 0.3) is 16.6 Å². The quantitative estimate of drug-likeness (QED) is 0.389. The highest BCUT2D eigenvalue weighted by atomic mass is 35.5. The summed E-state index contributed by atoms with van der Waals surface area (Å²) < 4.78 is 5.02. The van der Waals surface area contributed by atoms with Crippen LogP contribution in [0.2, 0.25) is 10.0 Å². The molecule has 0 atom stereocenters. The molecular weight excluding hydrogens is 377 g/mol. The fourth-order valence-electron chi connectivity index (χ4n) is 2.30. The molecule has 3 rings (SSSR count). The number of H-pyrrole nitrogens is 1. The number of ether oxygens (including phenoxy) is 1. The number of aliphatic hydroxyl groups excluding tert-OH is 1. The van der Waals surface area contributed by atoms with Gasteiger partial charge in [-0.1, -0.05) is 41.4 Å². The number of allylic oxidation sites excluding steroid dienone is 1. The molecule has 6 nitrogen and oxygen atoms in total. The molecule has 0 unspecified atom stereocenters. The number of fused-ring (bicyclic) bond motifs is 1. The number of hydrogen-bond donors (Lipinski definition) is 2. The van der Waals surface area contributed by atoms with E-state index in [-0.39, 0.29) is 27.0 Å². The van der Waals surface area contributed by atoms with Crippen LogP contribution < -0.4 is 0 Å². The summed E-state index contributed by atoms with van der Waals surface area (Å²) >= 11 is 11.9. The monoisotopic (exact) mass is 387 g/mol. The van der Waals surface area contributed by atoms with E-state index in [2.05, 4.69) is 9.97 Å². The lowest BCUT2D eigenvalue weighted by Crippen LogP contribution is -2.10. The molecule has 2 aromatic carbocycles. The van der Waals surface area contributed by atoms with Gasteiger partial charge in [0.1, 0.15) is 18.2 Å². The second-order valence-electron chi connectivity index (χ2n) is 5.21. The summed E-state index contributed by atoms with van der Waals surface area (Å²) in [5.74, 6) is -1.07. The van der Waals surface area contributed by atoms with Gasteiger partial charge in [-0.2, -0.15) is 5.26 Å². The van der Waals surface area contributed by atoms with E-state index >= 15 is 0 Å². The Morgan fingerprint density at radius 3 is 2.54 bits per heavy atom. The van der Waals surface area contributed by atoms with Gasteiger partial charge in [-0.05, 0) is 24.3 Å². The van der Waals surface area contributed by atoms with E-state index in [0.29, 0.717) is 11.0 Å². The summed E-state index contributed by atoms with van der Waals surface area (Å²) in [6, 6.07) is 13.6. The molecule has 0 fully saturated rings. The Bertz CT molecular complexity index is 1010. The third-order valence-electron chi connectivity index (χ3n) is 3.53. The van der Waals surface area contributed by atoms with Gasteiger partial charge >= 0.3 is 5.97 Å². The minimum atomic E-state index is -0.811. The molecule has 1 aromatic heterocycles. The number of aromatic nitrogens is 2. The van der Waals surface area contributed by atoms with Crippen molar-refractivity contribution in [3.63, 3.8) is 0 Å². The maximum absolute atomic E-state index is 12.1. The molecular formula is C18H11Cl2N3O3. The van der Waals surface area contributed by atoms with Gasteiger partial charge in [0, 0.05) is 0 Å². The number of hydrogen-bond acceptors (Lipinski definition) is 5. The first kappa shape index (κ1) is 17.8. The Morgan fingerprint density at radius 2 is 1.88 bits per heavy atom. The van der Waals surface area contributed by atoms with Crippen LogP contribution >= 0.6 is 23.2 Å². The highest BCUT2D eigenvalue weighted by molar-refractivity contribution is 6.39. The minimum absolute atomic E-state index is 0.00845. The zero-order valence-corrected chi connectivity index (χ0v) is 14.7. The highest BCUT2D eigenvalue weighted by Crippen LogP contribution is 2.25. The van der Waals surface area contributed by atoms with Crippen molar-refractivity contribution in [2.24, 2.45) is 0 Å². The first-order chi connectivity index (χ1) is 12.5. The van der Waals surface area contributed by atoms with Gasteiger partial charge in [0.25, 0.3) is 0 Å². The second kappa shape index (κ2) is 7.48. The van der Waals surface area contributed by atoms with E-state index in [1.54, 1.807) is 24.3 Å². The predicted molar refractivity (Wildman–Crippen MR) is 98.0 cm³/mol. The third kappa shape index (κ3) is 3.49. The van der Waals surface area contributed by atoms with Gasteiger partial charge in [0.2, 0.25) is 0 Å². The second-order valence-corrected chi connectivity index (χ2v) is 6.02. The first-order valence-electron chi connectivity index (χ1n) is 7.39. The van der Waals surface area contributed by atoms with E-state index in [1.165, 1.54) is 12.1 Å². The molecule has 130 valence electrons. The van der Waals surface area contributed by atoms with Crippen molar-refractivity contribution in [3.05, 3.63) is 69.7 Å². The largest absolute Gasteiger partial charge is 0.507 e. The maximum Gasteiger partial charge on any atom is 0.341 e. The summed E-state index contributed by atoms with van der Waals surface area (Å²) in [6.45, 7) is -0.527. The van der Waals surface area contributed by atoms with Gasteiger partial charge in [-0.3, -0.25) is 0 Å². The van der Waals surface area contributed by atoms with Crippen molar-refractivity contribution < 1.29 is 14.6 Å². The van der Waals surface area contributed by atoms with Gasteiger partial charge in [-0.15, -0.1) is 0 Å². The summed E-state index contributed by atoms with van der Waals surface area (Å²) in [5.41, 5.74) is 1.22. The number of halogens is 2. The molecule has 1 heterocycles. The molecule has 0 saturated heterocycles. The van der Waals surface area contributed by atoms with E-state index < -0.39 is 18.3 Å². The van der Waals surface area contributed by atoms with Crippen LogP contribution in [0.1, 0.15) is 16.2 Å². The molecule has 0 aliphatic heterocycles. The van der Waals surface area contributed by atoms with Crippen LogP contribution in [0.5, 0.6) is 0 Å². The molecule has 26 heavy (non-hydrogen) atoms. The fraction of sp³-hybridized carbons (Fsp3) is 0.0556. The van der Waals surface area contributed by atoms with Crippen LogP contribution in [0.3, 0.4) is 0 Å². The van der Waals surface area contributed by atoms with Crippen molar-refractivity contribution in [3.8, 4) is 6.07 Å². The van der Waals surface area contributed by atoms with Gasteiger partial charge < -0.3 is 14.8 Å². The lowest BCUT2D eigenvalue weighted by Gasteiger charge is -2.08. The number of nitrogens with zero attached hydrogens (tertiary/aromatic N) is 2. The van der Waals surface area contributed by atoms with E-state index in [4.69, 9.17) is 27.9 Å². The van der Waals surface area contributed by atoms with Gasteiger partial charge in [-0.25, -0.2) is 9.78 Å². The molecule has 0 spiro atoms. The topological polar surface area (TPSA) is 99.0 Å². The highest BCUT2D eigenvalue weighted by Gasteiger charge is 2.19. The summed E-state index contributed by atoms with van der Waals surface area (Å²) in [7, 11) is 0. The SMILES string of the molecule is N#C/C(=C(/O)COC(=O)c1c(Cl)cccc1Cl)c1nc2ccccc2[nH]1. The van der Waals surface area contributed by atoms with Crippen LogP contribution in [-0.4, -0.2) is 27.7 Å². The smallest absolute Gasteiger partial charge is 0.341 e. The number of carbonyl (C=O) groups is 1. The average Bonchev–Trinajstić information content (AvgIpc) is 3.04. The minimum Gasteiger partial charge on any atom is -0.507 e. The van der Waals surface area contributed by atoms with Crippen molar-refractivity contribution >= 4 is 45.8 Å². The number of esters is 1. The molecule has 8 heteroatoms. The zero-order valence-electron chi connectivity index (χ0n) is 13.2. The van der Waals surface area contributed by atoms with Crippen LogP contribution in [-0.2, 0) is 4.74 Å².